The number of nitrogens with one attached hydrogen (secondary N) is 1. The number of halogens is 3. The normalized spacial score (nSPS) is 18.4. The van der Waals surface area contributed by atoms with Crippen LogP contribution >= 0.6 is 0 Å². The summed E-state index contributed by atoms with van der Waals surface area (Å²) in [5, 5.41) is 11.7. The number of pyridine rings is 1. The van der Waals surface area contributed by atoms with Crippen molar-refractivity contribution < 1.29 is 23.1 Å². The van der Waals surface area contributed by atoms with Gasteiger partial charge in [0.2, 0.25) is 5.91 Å². The van der Waals surface area contributed by atoms with Crippen LogP contribution in [0, 0.1) is 0 Å². The molecule has 1 atom stereocenters. The highest BCUT2D eigenvalue weighted by Crippen LogP contribution is 2.32. The van der Waals surface area contributed by atoms with Gasteiger partial charge in [-0.05, 0) is 31.4 Å². The van der Waals surface area contributed by atoms with Crippen LogP contribution in [-0.4, -0.2) is 40.9 Å². The highest BCUT2D eigenvalue weighted by molar-refractivity contribution is 5.77. The summed E-state index contributed by atoms with van der Waals surface area (Å²) in [6.45, 7) is 2.59. The smallest absolute Gasteiger partial charge is 0.380 e. The molecule has 2 heterocycles. The molecule has 1 amide bonds. The molecule has 140 valence electrons. The third-order valence-electron chi connectivity index (χ3n) is 4.34. The van der Waals surface area contributed by atoms with E-state index in [0.29, 0.717) is 12.5 Å². The Hall–Kier alpha value is -1.83. The van der Waals surface area contributed by atoms with Crippen LogP contribution in [0.15, 0.2) is 18.3 Å². The fourth-order valence-corrected chi connectivity index (χ4v) is 2.68. The predicted molar refractivity (Wildman–Crippen MR) is 88.1 cm³/mol. The summed E-state index contributed by atoms with van der Waals surface area (Å²) in [7, 11) is 0. The molecular formula is C17H24F3N3O2. The van der Waals surface area contributed by atoms with Gasteiger partial charge < -0.3 is 15.3 Å². The van der Waals surface area contributed by atoms with Crippen molar-refractivity contribution in [2.45, 2.75) is 57.3 Å². The van der Waals surface area contributed by atoms with Crippen molar-refractivity contribution in [2.75, 3.05) is 18.0 Å². The number of hydrogen-bond donors (Lipinski definition) is 2. The highest BCUT2D eigenvalue weighted by atomic mass is 19.4. The van der Waals surface area contributed by atoms with Crippen LogP contribution in [-0.2, 0) is 11.3 Å². The third-order valence-corrected chi connectivity index (χ3v) is 4.34. The van der Waals surface area contributed by atoms with E-state index in [1.165, 1.54) is 12.8 Å². The molecule has 2 rings (SSSR count). The van der Waals surface area contributed by atoms with E-state index >= 15 is 0 Å². The molecule has 1 aromatic heterocycles. The lowest BCUT2D eigenvalue weighted by atomic mass is 10.0. The summed E-state index contributed by atoms with van der Waals surface area (Å²) in [6, 6.07) is 3.66. The van der Waals surface area contributed by atoms with Gasteiger partial charge in [0.25, 0.3) is 0 Å². The van der Waals surface area contributed by atoms with Gasteiger partial charge in [0.05, 0.1) is 6.42 Å². The number of hydrogen-bond acceptors (Lipinski definition) is 4. The highest BCUT2D eigenvalue weighted by Gasteiger charge is 2.50. The van der Waals surface area contributed by atoms with E-state index in [0.717, 1.165) is 31.7 Å². The molecule has 1 aromatic rings. The molecule has 0 aliphatic carbocycles. The molecule has 0 unspecified atom stereocenters. The molecule has 1 aliphatic rings. The summed E-state index contributed by atoms with van der Waals surface area (Å²) >= 11 is 0. The van der Waals surface area contributed by atoms with Crippen molar-refractivity contribution in [3.8, 4) is 0 Å². The maximum atomic E-state index is 12.6. The Morgan fingerprint density at radius 2 is 1.88 bits per heavy atom. The van der Waals surface area contributed by atoms with Crippen LogP contribution in [0.1, 0.15) is 44.6 Å². The van der Waals surface area contributed by atoms with Gasteiger partial charge in [0.1, 0.15) is 5.82 Å². The van der Waals surface area contributed by atoms with E-state index in [1.807, 2.05) is 6.07 Å². The van der Waals surface area contributed by atoms with Crippen molar-refractivity contribution in [1.82, 2.24) is 10.3 Å². The molecule has 1 saturated heterocycles. The zero-order chi connectivity index (χ0) is 18.5. The minimum atomic E-state index is -4.85. The van der Waals surface area contributed by atoms with Gasteiger partial charge in [-0.15, -0.1) is 0 Å². The van der Waals surface area contributed by atoms with E-state index in [-0.39, 0.29) is 6.54 Å². The van der Waals surface area contributed by atoms with Gasteiger partial charge in [0, 0.05) is 25.8 Å². The molecule has 1 fully saturated rings. The summed E-state index contributed by atoms with van der Waals surface area (Å²) in [4.78, 5) is 18.2. The first-order chi connectivity index (χ1) is 11.7. The molecule has 0 aromatic carbocycles. The summed E-state index contributed by atoms with van der Waals surface area (Å²) < 4.78 is 37.7. The first-order valence-electron chi connectivity index (χ1n) is 8.45. The third kappa shape index (κ3) is 5.59. The van der Waals surface area contributed by atoms with E-state index < -0.39 is 24.1 Å². The topological polar surface area (TPSA) is 65.5 Å². The zero-order valence-electron chi connectivity index (χ0n) is 14.3. The second-order valence-corrected chi connectivity index (χ2v) is 6.65. The number of anilines is 1. The average Bonchev–Trinajstić information content (AvgIpc) is 2.81. The zero-order valence-corrected chi connectivity index (χ0v) is 14.3. The number of rotatable bonds is 5. The van der Waals surface area contributed by atoms with Gasteiger partial charge in [-0.2, -0.15) is 13.2 Å². The van der Waals surface area contributed by atoms with E-state index in [2.05, 4.69) is 15.2 Å². The molecule has 5 nitrogen and oxygen atoms in total. The Balaban J connectivity index is 1.86. The van der Waals surface area contributed by atoms with Crippen molar-refractivity contribution in [1.29, 1.82) is 0 Å². The van der Waals surface area contributed by atoms with Crippen LogP contribution in [0.5, 0.6) is 0 Å². The van der Waals surface area contributed by atoms with Crippen LogP contribution in [0.3, 0.4) is 0 Å². The summed E-state index contributed by atoms with van der Waals surface area (Å²) in [5.41, 5.74) is -2.34. The van der Waals surface area contributed by atoms with Crippen molar-refractivity contribution in [2.24, 2.45) is 0 Å². The largest absolute Gasteiger partial charge is 0.417 e. The number of aliphatic hydroxyl groups is 1. The molecule has 0 saturated carbocycles. The van der Waals surface area contributed by atoms with Crippen LogP contribution in [0.2, 0.25) is 0 Å². The predicted octanol–water partition coefficient (Wildman–Crippen LogP) is 2.78. The van der Waals surface area contributed by atoms with E-state index in [1.54, 1.807) is 12.3 Å². The lowest BCUT2D eigenvalue weighted by Crippen LogP contribution is -2.46. The molecular weight excluding hydrogens is 335 g/mol. The number of aromatic nitrogens is 1. The number of amides is 1. The Labute approximate surface area is 145 Å². The van der Waals surface area contributed by atoms with Gasteiger partial charge in [-0.1, -0.05) is 18.9 Å². The van der Waals surface area contributed by atoms with Crippen LogP contribution in [0.25, 0.3) is 0 Å². The first-order valence-corrected chi connectivity index (χ1v) is 8.45. The SMILES string of the molecule is C[C@@](O)(CC(=O)NCc1ccc(N2CCCCCC2)nc1)C(F)(F)F. The van der Waals surface area contributed by atoms with Gasteiger partial charge in [0.15, 0.2) is 5.60 Å². The minimum Gasteiger partial charge on any atom is -0.380 e. The van der Waals surface area contributed by atoms with Gasteiger partial charge in [-0.3, -0.25) is 4.79 Å². The quantitative estimate of drug-likeness (QED) is 0.849. The second kappa shape index (κ2) is 8.03. The molecule has 8 heteroatoms. The Morgan fingerprint density at radius 1 is 1.24 bits per heavy atom. The standard InChI is InChI=1S/C17H24F3N3O2/c1-16(25,17(18,19)20)10-15(24)22-12-13-6-7-14(21-11-13)23-8-4-2-3-5-9-23/h6-7,11,25H,2-5,8-10,12H2,1H3,(H,22,24)/t16-/m1/s1. The molecule has 2 N–H and O–H groups in total. The molecule has 0 bridgehead atoms. The molecule has 25 heavy (non-hydrogen) atoms. The second-order valence-electron chi connectivity index (χ2n) is 6.65. The maximum absolute atomic E-state index is 12.6. The Bertz CT molecular complexity index is 565. The average molecular weight is 359 g/mol. The van der Waals surface area contributed by atoms with Gasteiger partial charge >= 0.3 is 6.18 Å². The molecule has 0 radical (unpaired) electrons. The lowest BCUT2D eigenvalue weighted by Gasteiger charge is -2.25. The van der Waals surface area contributed by atoms with E-state index in [4.69, 9.17) is 0 Å². The number of alkyl halides is 3. The van der Waals surface area contributed by atoms with Crippen molar-refractivity contribution >= 4 is 11.7 Å². The fraction of sp³-hybridized carbons (Fsp3) is 0.647. The van der Waals surface area contributed by atoms with Gasteiger partial charge in [-0.25, -0.2) is 4.98 Å². The van der Waals surface area contributed by atoms with E-state index in [9.17, 15) is 23.1 Å². The van der Waals surface area contributed by atoms with Crippen molar-refractivity contribution in [3.05, 3.63) is 23.9 Å². The summed E-state index contributed by atoms with van der Waals surface area (Å²) in [5.74, 6) is 0.0101. The summed E-state index contributed by atoms with van der Waals surface area (Å²) in [6.07, 6.45) is 0.459. The Kier molecular flexibility index (Phi) is 6.26. The number of nitrogens with zero attached hydrogens (tertiary/aromatic N) is 2. The maximum Gasteiger partial charge on any atom is 0.417 e. The minimum absolute atomic E-state index is 0.0695. The molecule has 1 aliphatic heterocycles. The number of carbonyl (C=O) groups excluding carboxylic acids is 1. The fourth-order valence-electron chi connectivity index (χ4n) is 2.68. The number of carbonyl (C=O) groups is 1. The van der Waals surface area contributed by atoms with Crippen molar-refractivity contribution in [3.63, 3.8) is 0 Å². The monoisotopic (exact) mass is 359 g/mol. The Morgan fingerprint density at radius 3 is 2.40 bits per heavy atom. The first kappa shape index (κ1) is 19.5. The molecule has 0 spiro atoms. The van der Waals surface area contributed by atoms with Crippen LogP contribution < -0.4 is 10.2 Å². The van der Waals surface area contributed by atoms with Crippen LogP contribution in [0.4, 0.5) is 19.0 Å². The lowest BCUT2D eigenvalue weighted by molar-refractivity contribution is -0.253.